The Labute approximate surface area is 239 Å². The second-order valence-electron chi connectivity index (χ2n) is 11.8. The average Bonchev–Trinajstić information content (AvgIpc) is 3.37. The van der Waals surface area contributed by atoms with Gasteiger partial charge in [0.15, 0.2) is 23.6 Å². The Hall–Kier alpha value is -4.04. The number of allylic oxidation sites excluding steroid dienone is 2. The zero-order chi connectivity index (χ0) is 29.2. The van der Waals surface area contributed by atoms with E-state index in [0.29, 0.717) is 46.6 Å². The predicted octanol–water partition coefficient (Wildman–Crippen LogP) is 5.58. The number of carbonyl (C=O) groups is 3. The number of nitrogens with zero attached hydrogens (tertiary/aromatic N) is 2. The molecule has 6 rings (SSSR count). The van der Waals surface area contributed by atoms with Gasteiger partial charge in [-0.15, -0.1) is 0 Å². The first-order chi connectivity index (χ1) is 19.6. The summed E-state index contributed by atoms with van der Waals surface area (Å²) < 4.78 is 17.6. The Morgan fingerprint density at radius 1 is 1.15 bits per heavy atom. The standard InChI is InChI=1S/C33H34N2O6/c1-17-12-21(15-36)29(39-6)22-13-20-14-23-27(35(4)5)30-26(32(34-41-30)40-16-19-10-8-7-9-11-19)31(38)33(23,3)18(2)25(20)28(37)24(17)22/h7-12,15,20,23,27H,13-14,16H2,1-6H3. The number of fused-ring (bicyclic) bond motifs is 4. The van der Waals surface area contributed by atoms with Crippen molar-refractivity contribution in [1.29, 1.82) is 0 Å². The second kappa shape index (κ2) is 9.80. The number of aryl methyl sites for hydroxylation is 1. The highest BCUT2D eigenvalue weighted by Gasteiger charge is 2.60. The van der Waals surface area contributed by atoms with Gasteiger partial charge in [0.2, 0.25) is 0 Å². The number of benzene rings is 2. The summed E-state index contributed by atoms with van der Waals surface area (Å²) in [5.41, 5.74) is 4.34. The maximum absolute atomic E-state index is 14.5. The molecule has 3 aromatic rings. The van der Waals surface area contributed by atoms with E-state index in [2.05, 4.69) is 10.1 Å². The summed E-state index contributed by atoms with van der Waals surface area (Å²) >= 11 is 0. The van der Waals surface area contributed by atoms with Crippen molar-refractivity contribution in [3.8, 4) is 11.6 Å². The molecule has 3 aliphatic rings. The van der Waals surface area contributed by atoms with Gasteiger partial charge in [-0.05, 0) is 81.9 Å². The summed E-state index contributed by atoms with van der Waals surface area (Å²) in [5, 5.41) is 4.22. The smallest absolute Gasteiger partial charge is 0.265 e. The summed E-state index contributed by atoms with van der Waals surface area (Å²) in [4.78, 5) is 42.6. The maximum Gasteiger partial charge on any atom is 0.265 e. The van der Waals surface area contributed by atoms with Gasteiger partial charge in [-0.25, -0.2) is 0 Å². The van der Waals surface area contributed by atoms with Crippen LogP contribution in [0.2, 0.25) is 0 Å². The van der Waals surface area contributed by atoms with E-state index in [1.54, 1.807) is 6.07 Å². The van der Waals surface area contributed by atoms with Crippen molar-refractivity contribution in [1.82, 2.24) is 10.1 Å². The van der Waals surface area contributed by atoms with E-state index in [1.807, 2.05) is 65.2 Å². The Morgan fingerprint density at radius 3 is 2.54 bits per heavy atom. The Kier molecular flexibility index (Phi) is 6.49. The van der Waals surface area contributed by atoms with E-state index < -0.39 is 5.41 Å². The molecule has 4 unspecified atom stereocenters. The minimum Gasteiger partial charge on any atom is -0.496 e. The summed E-state index contributed by atoms with van der Waals surface area (Å²) in [7, 11) is 5.47. The lowest BCUT2D eigenvalue weighted by molar-refractivity contribution is 0.0354. The van der Waals surface area contributed by atoms with E-state index in [-0.39, 0.29) is 41.9 Å². The highest BCUT2D eigenvalue weighted by Crippen LogP contribution is 2.61. The topological polar surface area (TPSA) is 98.9 Å². The highest BCUT2D eigenvalue weighted by atomic mass is 16.5. The van der Waals surface area contributed by atoms with Gasteiger partial charge in [0.25, 0.3) is 5.88 Å². The van der Waals surface area contributed by atoms with Crippen LogP contribution in [-0.4, -0.2) is 49.1 Å². The number of hydrogen-bond donors (Lipinski definition) is 0. The van der Waals surface area contributed by atoms with Crippen LogP contribution in [0.3, 0.4) is 0 Å². The van der Waals surface area contributed by atoms with Gasteiger partial charge >= 0.3 is 0 Å². The molecule has 212 valence electrons. The van der Waals surface area contributed by atoms with Crippen LogP contribution in [0.1, 0.15) is 79.8 Å². The maximum atomic E-state index is 14.5. The molecule has 0 amide bonds. The molecule has 4 atom stereocenters. The van der Waals surface area contributed by atoms with Crippen molar-refractivity contribution in [2.24, 2.45) is 17.3 Å². The van der Waals surface area contributed by atoms with Crippen LogP contribution in [0.25, 0.3) is 0 Å². The normalized spacial score (nSPS) is 24.9. The van der Waals surface area contributed by atoms with Crippen molar-refractivity contribution in [2.45, 2.75) is 46.3 Å². The molecule has 1 aromatic heterocycles. The van der Waals surface area contributed by atoms with Crippen LogP contribution in [0, 0.1) is 24.2 Å². The van der Waals surface area contributed by atoms with Crippen LogP contribution >= 0.6 is 0 Å². The molecule has 0 radical (unpaired) electrons. The first-order valence-corrected chi connectivity index (χ1v) is 13.9. The fraction of sp³-hybridized carbons (Fsp3) is 0.394. The van der Waals surface area contributed by atoms with Gasteiger partial charge in [-0.2, -0.15) is 0 Å². The van der Waals surface area contributed by atoms with Gasteiger partial charge < -0.3 is 14.0 Å². The number of Topliss-reactive ketones (excluding diaryl/α,β-unsaturated/α-hetero) is 2. The molecule has 0 fully saturated rings. The summed E-state index contributed by atoms with van der Waals surface area (Å²) in [6, 6.07) is 11.1. The lowest BCUT2D eigenvalue weighted by Gasteiger charge is -2.52. The number of methoxy groups -OCH3 is 1. The zero-order valence-electron chi connectivity index (χ0n) is 24.2. The molecule has 1 heterocycles. The Balaban J connectivity index is 1.48. The van der Waals surface area contributed by atoms with Gasteiger partial charge in [-0.1, -0.05) is 35.9 Å². The molecule has 0 saturated heterocycles. The molecule has 2 aromatic carbocycles. The van der Waals surface area contributed by atoms with Crippen molar-refractivity contribution >= 4 is 17.9 Å². The van der Waals surface area contributed by atoms with Crippen molar-refractivity contribution in [3.05, 3.63) is 86.7 Å². The number of aldehydes is 1. The van der Waals surface area contributed by atoms with Crippen LogP contribution in [0.15, 0.2) is 52.1 Å². The molecule has 8 heteroatoms. The number of aromatic nitrogens is 1. The predicted molar refractivity (Wildman–Crippen MR) is 152 cm³/mol. The molecule has 0 N–H and O–H groups in total. The van der Waals surface area contributed by atoms with Crippen LogP contribution in [0.5, 0.6) is 11.6 Å². The summed E-state index contributed by atoms with van der Waals surface area (Å²) in [5.74, 6) is 0.623. The van der Waals surface area contributed by atoms with E-state index in [4.69, 9.17) is 14.0 Å². The molecule has 0 saturated carbocycles. The first kappa shape index (κ1) is 27.1. The summed E-state index contributed by atoms with van der Waals surface area (Å²) in [6.07, 6.45) is 1.92. The molecule has 8 nitrogen and oxygen atoms in total. The van der Waals surface area contributed by atoms with E-state index in [1.165, 1.54) is 7.11 Å². The molecule has 41 heavy (non-hydrogen) atoms. The van der Waals surface area contributed by atoms with Crippen molar-refractivity contribution < 1.29 is 28.4 Å². The number of ether oxygens (including phenoxy) is 2. The van der Waals surface area contributed by atoms with Gasteiger partial charge in [0.05, 0.1) is 24.1 Å². The largest absolute Gasteiger partial charge is 0.496 e. The third kappa shape index (κ3) is 3.84. The van der Waals surface area contributed by atoms with Crippen molar-refractivity contribution in [3.63, 3.8) is 0 Å². The molecule has 0 spiro atoms. The summed E-state index contributed by atoms with van der Waals surface area (Å²) in [6.45, 7) is 5.98. The number of ketones is 2. The average molecular weight is 555 g/mol. The first-order valence-electron chi connectivity index (χ1n) is 13.9. The monoisotopic (exact) mass is 554 g/mol. The van der Waals surface area contributed by atoms with Crippen LogP contribution in [0.4, 0.5) is 0 Å². The lowest BCUT2D eigenvalue weighted by Crippen LogP contribution is -2.52. The molecule has 0 bridgehead atoms. The fourth-order valence-electron chi connectivity index (χ4n) is 7.53. The molecular formula is C33H34N2O6. The SMILES string of the molecule is COc1c(C=O)cc(C)c2c1CC1CC3C(N(C)C)c4onc(OCc5ccccc5)c4C(=O)C3(C)C(C)=C1C2=O. The van der Waals surface area contributed by atoms with E-state index in [0.717, 1.165) is 28.5 Å². The van der Waals surface area contributed by atoms with Crippen LogP contribution < -0.4 is 9.47 Å². The highest BCUT2D eigenvalue weighted by molar-refractivity contribution is 6.15. The van der Waals surface area contributed by atoms with Crippen LogP contribution in [-0.2, 0) is 13.0 Å². The second-order valence-corrected chi connectivity index (χ2v) is 11.8. The zero-order valence-corrected chi connectivity index (χ0v) is 24.2. The number of rotatable bonds is 6. The Bertz CT molecular complexity index is 1620. The quantitative estimate of drug-likeness (QED) is 0.364. The molecule has 0 aliphatic heterocycles. The van der Waals surface area contributed by atoms with E-state index >= 15 is 0 Å². The minimum absolute atomic E-state index is 0.0902. The third-order valence-corrected chi connectivity index (χ3v) is 9.54. The fourth-order valence-corrected chi connectivity index (χ4v) is 7.53. The van der Waals surface area contributed by atoms with Crippen molar-refractivity contribution in [2.75, 3.05) is 21.2 Å². The molecular weight excluding hydrogens is 520 g/mol. The Morgan fingerprint density at radius 2 is 1.88 bits per heavy atom. The van der Waals surface area contributed by atoms with Gasteiger partial charge in [-0.3, -0.25) is 19.3 Å². The third-order valence-electron chi connectivity index (χ3n) is 9.54. The van der Waals surface area contributed by atoms with Gasteiger partial charge in [0.1, 0.15) is 17.9 Å². The lowest BCUT2D eigenvalue weighted by atomic mass is 9.52. The minimum atomic E-state index is -0.960. The van der Waals surface area contributed by atoms with E-state index in [9.17, 15) is 14.4 Å². The number of hydrogen-bond acceptors (Lipinski definition) is 8. The molecule has 3 aliphatic carbocycles. The van der Waals surface area contributed by atoms with Gasteiger partial charge in [0, 0.05) is 16.7 Å². The number of carbonyl (C=O) groups excluding carboxylic acids is 3.